The van der Waals surface area contributed by atoms with Crippen LogP contribution in [0.3, 0.4) is 0 Å². The summed E-state index contributed by atoms with van der Waals surface area (Å²) in [6, 6.07) is 11.0. The van der Waals surface area contributed by atoms with E-state index in [0.29, 0.717) is 24.9 Å². The van der Waals surface area contributed by atoms with E-state index in [0.717, 1.165) is 67.7 Å². The van der Waals surface area contributed by atoms with Gasteiger partial charge in [-0.1, -0.05) is 44.2 Å². The number of anilines is 1. The van der Waals surface area contributed by atoms with Crippen LogP contribution in [0.1, 0.15) is 101 Å². The van der Waals surface area contributed by atoms with Gasteiger partial charge in [0, 0.05) is 44.3 Å². The van der Waals surface area contributed by atoms with Gasteiger partial charge >= 0.3 is 18.2 Å². The zero-order chi connectivity index (χ0) is 34.4. The summed E-state index contributed by atoms with van der Waals surface area (Å²) in [5.74, 6) is 0.626. The van der Waals surface area contributed by atoms with Crippen molar-refractivity contribution in [1.29, 1.82) is 0 Å². The molecule has 2 amide bonds. The fraction of sp³-hybridized carbons (Fsp3) is 0.622. The van der Waals surface area contributed by atoms with Gasteiger partial charge < -0.3 is 34.9 Å². The van der Waals surface area contributed by atoms with Crippen LogP contribution in [0.4, 0.5) is 15.4 Å². The minimum absolute atomic E-state index is 0.0966. The molecule has 262 valence electrons. The second-order valence-electron chi connectivity index (χ2n) is 14.8. The van der Waals surface area contributed by atoms with Crippen molar-refractivity contribution in [3.63, 3.8) is 0 Å². The van der Waals surface area contributed by atoms with E-state index in [4.69, 9.17) is 19.2 Å². The van der Waals surface area contributed by atoms with Crippen LogP contribution >= 0.6 is 0 Å². The molecule has 1 aromatic heterocycles. The Hall–Kier alpha value is -3.86. The number of benzene rings is 1. The summed E-state index contributed by atoms with van der Waals surface area (Å²) >= 11 is 0. The number of hydrogen-bond acceptors (Lipinski definition) is 8. The number of nitrogens with one attached hydrogen (secondary N) is 2. The Morgan fingerprint density at radius 3 is 2.44 bits per heavy atom. The van der Waals surface area contributed by atoms with Gasteiger partial charge in [-0.15, -0.1) is 0 Å². The molecule has 11 nitrogen and oxygen atoms in total. The molecular weight excluding hydrogens is 612 g/mol. The predicted octanol–water partition coefficient (Wildman–Crippen LogP) is 6.47. The highest BCUT2D eigenvalue weighted by molar-refractivity contribution is 5.80. The van der Waals surface area contributed by atoms with E-state index in [9.17, 15) is 19.5 Å². The van der Waals surface area contributed by atoms with Crippen LogP contribution in [0.15, 0.2) is 36.4 Å². The molecule has 2 fully saturated rings. The van der Waals surface area contributed by atoms with E-state index in [1.54, 1.807) is 4.90 Å². The number of amides is 2. The van der Waals surface area contributed by atoms with Crippen molar-refractivity contribution in [3.05, 3.63) is 58.8 Å². The molecule has 5 rings (SSSR count). The first-order valence-corrected chi connectivity index (χ1v) is 17.5. The average Bonchev–Trinajstić information content (AvgIpc) is 2.98. The Morgan fingerprint density at radius 1 is 1.06 bits per heavy atom. The third kappa shape index (κ3) is 9.61. The molecule has 1 saturated heterocycles. The first-order valence-electron chi connectivity index (χ1n) is 17.5. The lowest BCUT2D eigenvalue weighted by Crippen LogP contribution is -2.54. The Morgan fingerprint density at radius 2 is 1.77 bits per heavy atom. The van der Waals surface area contributed by atoms with Crippen LogP contribution in [-0.4, -0.2) is 77.1 Å². The first kappa shape index (κ1) is 35.4. The molecule has 0 radical (unpaired) electrons. The van der Waals surface area contributed by atoms with Crippen LogP contribution < -0.4 is 10.6 Å². The normalized spacial score (nSPS) is 20.4. The number of ether oxygens (including phenoxy) is 3. The molecule has 1 aliphatic carbocycles. The Balaban J connectivity index is 1.07. The number of nitrogens with zero attached hydrogens (tertiary/aromatic N) is 2. The lowest BCUT2D eigenvalue weighted by atomic mass is 9.79. The minimum Gasteiger partial charge on any atom is -0.480 e. The molecule has 1 saturated carbocycles. The van der Waals surface area contributed by atoms with Crippen molar-refractivity contribution in [1.82, 2.24) is 15.2 Å². The fourth-order valence-corrected chi connectivity index (χ4v) is 6.49. The lowest BCUT2D eigenvalue weighted by Gasteiger charge is -2.43. The van der Waals surface area contributed by atoms with Crippen molar-refractivity contribution in [2.45, 2.75) is 109 Å². The van der Waals surface area contributed by atoms with Crippen LogP contribution in [0.5, 0.6) is 0 Å². The molecule has 0 bridgehead atoms. The molecule has 1 unspecified atom stereocenters. The SMILES string of the molecule is CC(C)c1ccc(C(OC(=O)N[C@@H](CCO[C@H]2C[C@H](CCc3ccc4c(n3)NCCC4)C2)C(=O)O)C2CN(C(=O)OC(C)(C)C)C2)cc1. The number of aryl methyl sites for hydroxylation is 2. The standard InChI is InChI=1S/C37H52N4O7/c1-23(2)25-9-11-26(12-10-25)32(28-21-41(22-28)36(45)48-37(3,4)5)47-35(44)40-31(34(42)43)16-18-46-30-19-24(20-30)8-14-29-15-13-27-7-6-17-38-33(27)39-29/h9-13,15,23-24,28,30-32H,6-8,14,16-22H2,1-5H3,(H,38,39)(H,40,44)(H,42,43)/t24-,30-,31-,32?/m0/s1. The molecule has 11 heteroatoms. The summed E-state index contributed by atoms with van der Waals surface area (Å²) in [7, 11) is 0. The quantitative estimate of drug-likeness (QED) is 0.220. The maximum atomic E-state index is 13.1. The average molecular weight is 665 g/mol. The number of rotatable bonds is 13. The molecule has 48 heavy (non-hydrogen) atoms. The summed E-state index contributed by atoms with van der Waals surface area (Å²) in [5.41, 5.74) is 3.74. The number of aliphatic carboxylic acids is 1. The maximum absolute atomic E-state index is 13.1. The highest BCUT2D eigenvalue weighted by Crippen LogP contribution is 2.36. The first-order chi connectivity index (χ1) is 22.8. The van der Waals surface area contributed by atoms with Crippen molar-refractivity contribution in [2.24, 2.45) is 11.8 Å². The van der Waals surface area contributed by atoms with Crippen molar-refractivity contribution in [3.8, 4) is 0 Å². The zero-order valence-corrected chi connectivity index (χ0v) is 29.0. The van der Waals surface area contributed by atoms with Crippen LogP contribution in [0.25, 0.3) is 0 Å². The number of pyridine rings is 1. The third-order valence-corrected chi connectivity index (χ3v) is 9.46. The van der Waals surface area contributed by atoms with E-state index in [-0.39, 0.29) is 25.0 Å². The number of carbonyl (C=O) groups is 3. The molecule has 2 aromatic rings. The van der Waals surface area contributed by atoms with Crippen LogP contribution in [0, 0.1) is 11.8 Å². The van der Waals surface area contributed by atoms with Gasteiger partial charge in [-0.3, -0.25) is 0 Å². The number of fused-ring (bicyclic) bond motifs is 1. The fourth-order valence-electron chi connectivity index (χ4n) is 6.49. The van der Waals surface area contributed by atoms with Gasteiger partial charge in [0.25, 0.3) is 0 Å². The van der Waals surface area contributed by atoms with E-state index >= 15 is 0 Å². The largest absolute Gasteiger partial charge is 0.480 e. The summed E-state index contributed by atoms with van der Waals surface area (Å²) in [6.07, 6.45) is 4.44. The maximum Gasteiger partial charge on any atom is 0.410 e. The molecule has 2 atom stereocenters. The number of likely N-dealkylation sites (tertiary alicyclic amines) is 1. The molecule has 3 N–H and O–H groups in total. The van der Waals surface area contributed by atoms with E-state index in [2.05, 4.69) is 36.6 Å². The van der Waals surface area contributed by atoms with Gasteiger partial charge in [0.05, 0.1) is 6.10 Å². The highest BCUT2D eigenvalue weighted by atomic mass is 16.6. The van der Waals surface area contributed by atoms with Gasteiger partial charge in [-0.25, -0.2) is 19.4 Å². The van der Waals surface area contributed by atoms with Gasteiger partial charge in [-0.2, -0.15) is 0 Å². The molecular formula is C37H52N4O7. The molecule has 1 aromatic carbocycles. The topological polar surface area (TPSA) is 139 Å². The third-order valence-electron chi connectivity index (χ3n) is 9.46. The molecule has 3 heterocycles. The second kappa shape index (κ2) is 15.6. The van der Waals surface area contributed by atoms with Crippen molar-refractivity contribution in [2.75, 3.05) is 31.6 Å². The number of aromatic nitrogens is 1. The number of alkyl carbamates (subject to hydrolysis) is 1. The molecule has 2 aliphatic heterocycles. The summed E-state index contributed by atoms with van der Waals surface area (Å²) in [6.45, 7) is 11.6. The monoisotopic (exact) mass is 664 g/mol. The van der Waals surface area contributed by atoms with Crippen molar-refractivity contribution < 1.29 is 33.7 Å². The number of carboxylic acid groups (broad SMARTS) is 1. The van der Waals surface area contributed by atoms with E-state index in [1.807, 2.05) is 45.0 Å². The summed E-state index contributed by atoms with van der Waals surface area (Å²) in [4.78, 5) is 44.0. The second-order valence-corrected chi connectivity index (χ2v) is 14.8. The number of carbonyl (C=O) groups excluding carboxylic acids is 2. The molecule has 3 aliphatic rings. The minimum atomic E-state index is -1.15. The van der Waals surface area contributed by atoms with E-state index in [1.165, 1.54) is 5.56 Å². The summed E-state index contributed by atoms with van der Waals surface area (Å²) in [5, 5.41) is 15.8. The van der Waals surface area contributed by atoms with Crippen LogP contribution in [0.2, 0.25) is 0 Å². The summed E-state index contributed by atoms with van der Waals surface area (Å²) < 4.78 is 17.3. The predicted molar refractivity (Wildman–Crippen MR) is 182 cm³/mol. The van der Waals surface area contributed by atoms with Gasteiger partial charge in [0.1, 0.15) is 23.6 Å². The lowest BCUT2D eigenvalue weighted by molar-refractivity contribution is -0.140. The Labute approximate surface area is 284 Å². The van der Waals surface area contributed by atoms with Gasteiger partial charge in [0.2, 0.25) is 0 Å². The van der Waals surface area contributed by atoms with Gasteiger partial charge in [0.15, 0.2) is 0 Å². The number of carboxylic acids is 1. The van der Waals surface area contributed by atoms with Gasteiger partial charge in [-0.05, 0) is 93.9 Å². The highest BCUT2D eigenvalue weighted by Gasteiger charge is 2.41. The smallest absolute Gasteiger partial charge is 0.410 e. The van der Waals surface area contributed by atoms with Crippen LogP contribution in [-0.2, 0) is 31.8 Å². The molecule has 0 spiro atoms. The number of hydrogen-bond donors (Lipinski definition) is 3. The van der Waals surface area contributed by atoms with E-state index < -0.39 is 35.9 Å². The Bertz CT molecular complexity index is 1410. The Kier molecular flexibility index (Phi) is 11.5. The van der Waals surface area contributed by atoms with Crippen molar-refractivity contribution >= 4 is 24.0 Å². The zero-order valence-electron chi connectivity index (χ0n) is 29.0.